The Bertz CT molecular complexity index is 2000. The summed E-state index contributed by atoms with van der Waals surface area (Å²) < 4.78 is 42.9. The van der Waals surface area contributed by atoms with Crippen LogP contribution in [0.25, 0.3) is 22.3 Å². The zero-order valence-corrected chi connectivity index (χ0v) is 30.8. The van der Waals surface area contributed by atoms with E-state index in [1.807, 2.05) is 12.1 Å². The molecule has 264 valence electrons. The molecule has 50 heavy (non-hydrogen) atoms. The van der Waals surface area contributed by atoms with Gasteiger partial charge in [-0.15, -0.1) is 12.4 Å². The maximum absolute atomic E-state index is 6.97. The molecule has 0 saturated carbocycles. The highest BCUT2D eigenvalue weighted by Gasteiger charge is 2.40. The van der Waals surface area contributed by atoms with Crippen molar-refractivity contribution >= 4 is 12.4 Å². The maximum Gasteiger partial charge on any atom is 0.169 e. The second kappa shape index (κ2) is 13.1. The number of hydrogen-bond acceptors (Lipinski definition) is 9. The lowest BCUT2D eigenvalue weighted by Crippen LogP contribution is -2.36. The van der Waals surface area contributed by atoms with Crippen LogP contribution in [0.5, 0.6) is 46.0 Å². The van der Waals surface area contributed by atoms with E-state index >= 15 is 0 Å². The van der Waals surface area contributed by atoms with Gasteiger partial charge in [-0.05, 0) is 110 Å². The molecule has 2 atom stereocenters. The van der Waals surface area contributed by atoms with Crippen molar-refractivity contribution in [2.24, 2.45) is 0 Å². The topological polar surface area (TPSA) is 71.1 Å². The summed E-state index contributed by atoms with van der Waals surface area (Å²) in [4.78, 5) is 4.87. The summed E-state index contributed by atoms with van der Waals surface area (Å²) >= 11 is 0. The van der Waals surface area contributed by atoms with Gasteiger partial charge in [0.05, 0.1) is 42.7 Å². The van der Waals surface area contributed by atoms with E-state index < -0.39 is 0 Å². The molecule has 2 heterocycles. The van der Waals surface area contributed by atoms with E-state index in [-0.39, 0.29) is 24.5 Å². The summed E-state index contributed by atoms with van der Waals surface area (Å²) in [5.74, 6) is 5.78. The van der Waals surface area contributed by atoms with E-state index in [9.17, 15) is 0 Å². The van der Waals surface area contributed by atoms with E-state index in [1.165, 1.54) is 27.8 Å². The third-order valence-corrected chi connectivity index (χ3v) is 11.2. The van der Waals surface area contributed by atoms with E-state index in [0.717, 1.165) is 95.3 Å². The molecule has 4 aliphatic rings. The fourth-order valence-electron chi connectivity index (χ4n) is 8.79. The Balaban J connectivity index is 0.00000392. The smallest absolute Gasteiger partial charge is 0.169 e. The Labute approximate surface area is 300 Å². The first kappa shape index (κ1) is 34.2. The minimum atomic E-state index is 0. The lowest BCUT2D eigenvalue weighted by molar-refractivity contribution is 0.225. The van der Waals surface area contributed by atoms with Gasteiger partial charge in [0, 0.05) is 47.4 Å². The maximum atomic E-state index is 6.97. The predicted molar refractivity (Wildman–Crippen MR) is 196 cm³/mol. The van der Waals surface area contributed by atoms with Crippen molar-refractivity contribution in [3.8, 4) is 68.2 Å². The molecule has 4 aromatic rings. The Morgan fingerprint density at radius 1 is 0.520 bits per heavy atom. The number of nitrogens with zero attached hydrogens (tertiary/aromatic N) is 2. The molecule has 0 N–H and O–H groups in total. The van der Waals surface area contributed by atoms with E-state index in [1.54, 1.807) is 42.7 Å². The summed E-state index contributed by atoms with van der Waals surface area (Å²) in [7, 11) is 14.6. The van der Waals surface area contributed by atoms with Crippen molar-refractivity contribution in [3.05, 3.63) is 69.8 Å². The summed E-state index contributed by atoms with van der Waals surface area (Å²) in [5, 5.41) is 0. The SMILES string of the molecule is COc1cc2c(cc1Oc1ccc(OC)c3c1CC1c4c(cc(OC)c(OC)c4-3)CCN1C)CC1c3c(cc(OC)c(OC)c3-2)CCN1C.Cl. The highest BCUT2D eigenvalue weighted by atomic mass is 35.5. The molecule has 4 aromatic carbocycles. The van der Waals surface area contributed by atoms with Gasteiger partial charge in [-0.2, -0.15) is 0 Å². The monoisotopic (exact) mass is 700 g/mol. The fraction of sp³-hybridized carbons (Fsp3) is 0.400. The van der Waals surface area contributed by atoms with Gasteiger partial charge in [-0.1, -0.05) is 0 Å². The van der Waals surface area contributed by atoms with Crippen LogP contribution in [-0.2, 0) is 25.7 Å². The number of benzene rings is 4. The minimum Gasteiger partial charge on any atom is -0.496 e. The summed E-state index contributed by atoms with van der Waals surface area (Å²) in [6.07, 6.45) is 3.51. The average molecular weight is 701 g/mol. The number of hydrogen-bond donors (Lipinski definition) is 0. The molecule has 0 spiro atoms. The van der Waals surface area contributed by atoms with Crippen LogP contribution in [-0.4, -0.2) is 79.6 Å². The number of ether oxygens (including phenoxy) is 7. The van der Waals surface area contributed by atoms with Gasteiger partial charge in [0.25, 0.3) is 0 Å². The van der Waals surface area contributed by atoms with E-state index in [2.05, 4.69) is 48.2 Å². The Morgan fingerprint density at radius 3 is 1.62 bits per heavy atom. The molecule has 2 unspecified atom stereocenters. The Hall–Kier alpha value is -4.31. The Morgan fingerprint density at radius 2 is 1.04 bits per heavy atom. The van der Waals surface area contributed by atoms with Crippen LogP contribution in [0.2, 0.25) is 0 Å². The minimum absolute atomic E-state index is 0. The molecule has 2 aliphatic carbocycles. The highest BCUT2D eigenvalue weighted by molar-refractivity contribution is 5.89. The lowest BCUT2D eigenvalue weighted by Gasteiger charge is -2.41. The van der Waals surface area contributed by atoms with Gasteiger partial charge in [-0.3, -0.25) is 9.80 Å². The van der Waals surface area contributed by atoms with Crippen molar-refractivity contribution in [1.29, 1.82) is 0 Å². The second-order valence-corrected chi connectivity index (χ2v) is 13.4. The molecule has 0 bridgehead atoms. The summed E-state index contributed by atoms with van der Waals surface area (Å²) in [6, 6.07) is 12.9. The third-order valence-electron chi connectivity index (χ3n) is 11.2. The summed E-state index contributed by atoms with van der Waals surface area (Å²) in [5.41, 5.74) is 11.6. The van der Waals surface area contributed by atoms with Gasteiger partial charge < -0.3 is 33.2 Å². The molecule has 8 rings (SSSR count). The molecular formula is C40H45ClN2O7. The molecule has 10 heteroatoms. The van der Waals surface area contributed by atoms with Crippen molar-refractivity contribution in [1.82, 2.24) is 9.80 Å². The number of fused-ring (bicyclic) bond motifs is 4. The molecule has 0 fully saturated rings. The van der Waals surface area contributed by atoms with Gasteiger partial charge in [0.1, 0.15) is 11.5 Å². The van der Waals surface area contributed by atoms with Crippen LogP contribution < -0.4 is 33.2 Å². The number of halogens is 1. The molecule has 2 aliphatic heterocycles. The molecule has 0 saturated heterocycles. The van der Waals surface area contributed by atoms with Crippen LogP contribution in [0.1, 0.15) is 45.5 Å². The molecule has 9 nitrogen and oxygen atoms in total. The fourth-order valence-corrected chi connectivity index (χ4v) is 8.79. The molecule has 0 aromatic heterocycles. The van der Waals surface area contributed by atoms with Gasteiger partial charge in [0.15, 0.2) is 34.5 Å². The van der Waals surface area contributed by atoms with E-state index in [4.69, 9.17) is 33.2 Å². The number of likely N-dealkylation sites (N-methyl/N-ethyl adjacent to an activating group) is 2. The third kappa shape index (κ3) is 4.96. The largest absolute Gasteiger partial charge is 0.496 e. The van der Waals surface area contributed by atoms with E-state index in [0.29, 0.717) is 17.2 Å². The molecule has 0 radical (unpaired) electrons. The first-order valence-corrected chi connectivity index (χ1v) is 16.9. The van der Waals surface area contributed by atoms with Crippen LogP contribution in [0.3, 0.4) is 0 Å². The quantitative estimate of drug-likeness (QED) is 0.186. The van der Waals surface area contributed by atoms with Gasteiger partial charge in [0.2, 0.25) is 0 Å². The van der Waals surface area contributed by atoms with Crippen LogP contribution in [0, 0.1) is 0 Å². The second-order valence-electron chi connectivity index (χ2n) is 13.4. The number of rotatable bonds is 8. The van der Waals surface area contributed by atoms with Crippen LogP contribution in [0.4, 0.5) is 0 Å². The highest BCUT2D eigenvalue weighted by Crippen LogP contribution is 2.58. The van der Waals surface area contributed by atoms with Crippen LogP contribution >= 0.6 is 12.4 Å². The Kier molecular flexibility index (Phi) is 8.95. The first-order chi connectivity index (χ1) is 23.8. The van der Waals surface area contributed by atoms with Crippen molar-refractivity contribution in [2.45, 2.75) is 37.8 Å². The molecular weight excluding hydrogens is 656 g/mol. The lowest BCUT2D eigenvalue weighted by atomic mass is 9.76. The van der Waals surface area contributed by atoms with Crippen molar-refractivity contribution in [2.75, 3.05) is 69.8 Å². The first-order valence-electron chi connectivity index (χ1n) is 16.9. The zero-order chi connectivity index (χ0) is 34.1. The van der Waals surface area contributed by atoms with Gasteiger partial charge in [-0.25, -0.2) is 0 Å². The average Bonchev–Trinajstić information content (AvgIpc) is 3.13. The predicted octanol–water partition coefficient (Wildman–Crippen LogP) is 7.46. The summed E-state index contributed by atoms with van der Waals surface area (Å²) in [6.45, 7) is 1.93. The van der Waals surface area contributed by atoms with Crippen LogP contribution in [0.15, 0.2) is 36.4 Å². The van der Waals surface area contributed by atoms with Crippen molar-refractivity contribution < 1.29 is 33.2 Å². The van der Waals surface area contributed by atoms with Crippen molar-refractivity contribution in [3.63, 3.8) is 0 Å². The normalized spacial score (nSPS) is 18.4. The number of methoxy groups -OCH3 is 6. The molecule has 0 amide bonds. The van der Waals surface area contributed by atoms with Gasteiger partial charge >= 0.3 is 0 Å². The standard InChI is InChI=1S/C40H44N2O7.ClH/c1-41-13-11-21-16-32(45-5)39(47-7)37-24-20-30(44-4)31(18-23(24)15-26(41)34(21)37)49-28-9-10-29(43-3)36-25(28)19-27-35-22(12-14-42(27)2)17-33(46-6)40(48-8)38(35)36;/h9-10,16-18,20,26-27H,11-15,19H2,1-8H3;1H. The zero-order valence-electron chi connectivity index (χ0n) is 30.0.